The Morgan fingerprint density at radius 2 is 2.09 bits per heavy atom. The van der Waals surface area contributed by atoms with Crippen LogP contribution in [0.15, 0.2) is 41.0 Å². The fourth-order valence-corrected chi connectivity index (χ4v) is 3.68. The standard InChI is InChI=1S/C16H12BrNO3S/c1-9-11-4-2-3-5-14(11)22-15(9)13(19)8-21-16(20)12-6-10(17)7-18-12/h2-7,18H,8H2,1H3. The Hall–Kier alpha value is -1.92. The topological polar surface area (TPSA) is 59.2 Å². The van der Waals surface area contributed by atoms with Gasteiger partial charge < -0.3 is 9.72 Å². The van der Waals surface area contributed by atoms with Crippen LogP contribution in [0.25, 0.3) is 10.1 Å². The van der Waals surface area contributed by atoms with E-state index in [0.29, 0.717) is 10.6 Å². The number of ketones is 1. The van der Waals surface area contributed by atoms with Gasteiger partial charge in [-0.1, -0.05) is 18.2 Å². The molecule has 0 aliphatic carbocycles. The SMILES string of the molecule is Cc1c(C(=O)COC(=O)c2cc(Br)c[nH]2)sc2ccccc12. The molecule has 0 unspecified atom stereocenters. The summed E-state index contributed by atoms with van der Waals surface area (Å²) in [6, 6.07) is 9.46. The highest BCUT2D eigenvalue weighted by atomic mass is 79.9. The molecule has 0 aliphatic heterocycles. The quantitative estimate of drug-likeness (QED) is 0.543. The van der Waals surface area contributed by atoms with E-state index in [9.17, 15) is 9.59 Å². The Labute approximate surface area is 139 Å². The lowest BCUT2D eigenvalue weighted by Crippen LogP contribution is -2.14. The van der Waals surface area contributed by atoms with Crippen molar-refractivity contribution in [2.45, 2.75) is 6.92 Å². The maximum Gasteiger partial charge on any atom is 0.355 e. The number of benzene rings is 1. The molecular formula is C16H12BrNO3S. The third-order valence-corrected chi connectivity index (χ3v) is 5.07. The van der Waals surface area contributed by atoms with Gasteiger partial charge in [-0.15, -0.1) is 11.3 Å². The molecule has 22 heavy (non-hydrogen) atoms. The summed E-state index contributed by atoms with van der Waals surface area (Å²) in [5.41, 5.74) is 1.25. The van der Waals surface area contributed by atoms with Crippen molar-refractivity contribution >= 4 is 49.1 Å². The number of thiophene rings is 1. The van der Waals surface area contributed by atoms with Crippen molar-refractivity contribution in [1.82, 2.24) is 4.98 Å². The highest BCUT2D eigenvalue weighted by Gasteiger charge is 2.18. The number of halogens is 1. The van der Waals surface area contributed by atoms with Crippen LogP contribution in [0.4, 0.5) is 0 Å². The number of hydrogen-bond acceptors (Lipinski definition) is 4. The number of carbonyl (C=O) groups is 2. The monoisotopic (exact) mass is 377 g/mol. The van der Waals surface area contributed by atoms with Gasteiger partial charge in [0, 0.05) is 15.4 Å². The molecule has 0 aliphatic rings. The number of aromatic amines is 1. The average Bonchev–Trinajstić information content (AvgIpc) is 3.09. The highest BCUT2D eigenvalue weighted by Crippen LogP contribution is 2.30. The van der Waals surface area contributed by atoms with Gasteiger partial charge in [0.05, 0.1) is 4.88 Å². The minimum absolute atomic E-state index is 0.183. The number of hydrogen-bond donors (Lipinski definition) is 1. The first-order valence-corrected chi connectivity index (χ1v) is 8.19. The second kappa shape index (κ2) is 6.06. The van der Waals surface area contributed by atoms with Crippen molar-refractivity contribution in [2.75, 3.05) is 6.61 Å². The molecule has 1 N–H and O–H groups in total. The average molecular weight is 378 g/mol. The van der Waals surface area contributed by atoms with Crippen LogP contribution < -0.4 is 0 Å². The van der Waals surface area contributed by atoms with E-state index in [-0.39, 0.29) is 12.4 Å². The number of carbonyl (C=O) groups excluding carboxylic acids is 2. The van der Waals surface area contributed by atoms with Crippen LogP contribution in [-0.2, 0) is 4.74 Å². The Bertz CT molecular complexity index is 865. The van der Waals surface area contributed by atoms with E-state index in [1.807, 2.05) is 31.2 Å². The number of fused-ring (bicyclic) bond motifs is 1. The van der Waals surface area contributed by atoms with Gasteiger partial charge in [-0.3, -0.25) is 4.79 Å². The first-order valence-electron chi connectivity index (χ1n) is 6.58. The van der Waals surface area contributed by atoms with Crippen LogP contribution in [0.5, 0.6) is 0 Å². The van der Waals surface area contributed by atoms with Gasteiger partial charge in [0.1, 0.15) is 5.69 Å². The molecular weight excluding hydrogens is 366 g/mol. The lowest BCUT2D eigenvalue weighted by molar-refractivity contribution is 0.0470. The molecule has 0 fully saturated rings. The molecule has 2 heterocycles. The van der Waals surface area contributed by atoms with Crippen molar-refractivity contribution in [3.63, 3.8) is 0 Å². The minimum Gasteiger partial charge on any atom is -0.453 e. The molecule has 0 radical (unpaired) electrons. The van der Waals surface area contributed by atoms with E-state index in [1.165, 1.54) is 11.3 Å². The summed E-state index contributed by atoms with van der Waals surface area (Å²) >= 11 is 4.67. The van der Waals surface area contributed by atoms with E-state index >= 15 is 0 Å². The molecule has 3 aromatic rings. The van der Waals surface area contributed by atoms with E-state index in [4.69, 9.17) is 4.74 Å². The molecule has 0 spiro atoms. The van der Waals surface area contributed by atoms with E-state index in [2.05, 4.69) is 20.9 Å². The van der Waals surface area contributed by atoms with Crippen molar-refractivity contribution in [3.8, 4) is 0 Å². The van der Waals surface area contributed by atoms with Crippen LogP contribution in [0.3, 0.4) is 0 Å². The largest absolute Gasteiger partial charge is 0.453 e. The molecule has 112 valence electrons. The molecule has 1 aromatic carbocycles. The summed E-state index contributed by atoms with van der Waals surface area (Å²) < 4.78 is 6.89. The fourth-order valence-electron chi connectivity index (χ4n) is 2.20. The van der Waals surface area contributed by atoms with E-state index in [0.717, 1.165) is 20.1 Å². The number of ether oxygens (including phenoxy) is 1. The van der Waals surface area contributed by atoms with Gasteiger partial charge in [-0.25, -0.2) is 4.79 Å². The molecule has 0 saturated carbocycles. The Morgan fingerprint density at radius 1 is 1.32 bits per heavy atom. The summed E-state index contributed by atoms with van der Waals surface area (Å²) in [4.78, 5) is 27.5. The molecule has 0 saturated heterocycles. The summed E-state index contributed by atoms with van der Waals surface area (Å²) in [6.07, 6.45) is 1.63. The van der Waals surface area contributed by atoms with Crippen LogP contribution in [0, 0.1) is 6.92 Å². The van der Waals surface area contributed by atoms with Crippen LogP contribution in [0.2, 0.25) is 0 Å². The maximum atomic E-state index is 12.3. The minimum atomic E-state index is -0.544. The van der Waals surface area contributed by atoms with Crippen molar-refractivity contribution in [2.24, 2.45) is 0 Å². The predicted octanol–water partition coefficient (Wildman–Crippen LogP) is 4.34. The van der Waals surface area contributed by atoms with Gasteiger partial charge in [0.25, 0.3) is 0 Å². The van der Waals surface area contributed by atoms with Gasteiger partial charge in [-0.2, -0.15) is 0 Å². The Balaban J connectivity index is 1.73. The number of nitrogens with one attached hydrogen (secondary N) is 1. The number of aryl methyl sites for hydroxylation is 1. The van der Waals surface area contributed by atoms with Gasteiger partial charge >= 0.3 is 5.97 Å². The normalized spacial score (nSPS) is 10.8. The van der Waals surface area contributed by atoms with Crippen LogP contribution in [0.1, 0.15) is 25.7 Å². The Kier molecular flexibility index (Phi) is 4.13. The number of rotatable bonds is 4. The number of H-pyrrole nitrogens is 1. The summed E-state index contributed by atoms with van der Waals surface area (Å²) in [5, 5.41) is 1.07. The summed E-state index contributed by atoms with van der Waals surface area (Å²) in [6.45, 7) is 1.65. The fraction of sp³-hybridized carbons (Fsp3) is 0.125. The third-order valence-electron chi connectivity index (χ3n) is 3.30. The highest BCUT2D eigenvalue weighted by molar-refractivity contribution is 9.10. The summed E-state index contributed by atoms with van der Waals surface area (Å²) in [5.74, 6) is -0.726. The molecule has 4 nitrogen and oxygen atoms in total. The number of Topliss-reactive ketones (excluding diaryl/α,β-unsaturated/α-hetero) is 1. The van der Waals surface area contributed by atoms with Gasteiger partial charge in [0.15, 0.2) is 6.61 Å². The van der Waals surface area contributed by atoms with Crippen molar-refractivity contribution in [3.05, 3.63) is 57.1 Å². The smallest absolute Gasteiger partial charge is 0.355 e. The third kappa shape index (κ3) is 2.84. The molecule has 0 bridgehead atoms. The maximum absolute atomic E-state index is 12.3. The zero-order valence-electron chi connectivity index (χ0n) is 11.7. The molecule has 2 aromatic heterocycles. The second-order valence-corrected chi connectivity index (χ2v) is 6.75. The van der Waals surface area contributed by atoms with Gasteiger partial charge in [0.2, 0.25) is 5.78 Å². The van der Waals surface area contributed by atoms with Gasteiger partial charge in [-0.05, 0) is 45.9 Å². The van der Waals surface area contributed by atoms with Crippen LogP contribution >= 0.6 is 27.3 Å². The van der Waals surface area contributed by atoms with Crippen molar-refractivity contribution < 1.29 is 14.3 Å². The molecule has 6 heteroatoms. The van der Waals surface area contributed by atoms with E-state index in [1.54, 1.807) is 12.3 Å². The predicted molar refractivity (Wildman–Crippen MR) is 89.7 cm³/mol. The lowest BCUT2D eigenvalue weighted by atomic mass is 10.1. The summed E-state index contributed by atoms with van der Waals surface area (Å²) in [7, 11) is 0. The first-order chi connectivity index (χ1) is 10.6. The zero-order valence-corrected chi connectivity index (χ0v) is 14.1. The van der Waals surface area contributed by atoms with Crippen LogP contribution in [-0.4, -0.2) is 23.3 Å². The molecule has 0 atom stereocenters. The first kappa shape index (κ1) is 15.0. The van der Waals surface area contributed by atoms with Crippen molar-refractivity contribution in [1.29, 1.82) is 0 Å². The number of esters is 1. The molecule has 0 amide bonds. The Morgan fingerprint density at radius 3 is 2.77 bits per heavy atom. The number of aromatic nitrogens is 1. The van der Waals surface area contributed by atoms with E-state index < -0.39 is 5.97 Å². The zero-order chi connectivity index (χ0) is 15.7. The lowest BCUT2D eigenvalue weighted by Gasteiger charge is -2.02. The molecule has 3 rings (SSSR count). The second-order valence-electron chi connectivity index (χ2n) is 4.78.